The smallest absolute Gasteiger partial charge is 0.0763 e. The van der Waals surface area contributed by atoms with Gasteiger partial charge in [0.15, 0.2) is 0 Å². The molecule has 1 saturated heterocycles. The van der Waals surface area contributed by atoms with Crippen molar-refractivity contribution in [1.29, 1.82) is 0 Å². The number of fused-ring (bicyclic) bond motifs is 1. The Morgan fingerprint density at radius 1 is 1.38 bits per heavy atom. The minimum atomic E-state index is 0.710. The summed E-state index contributed by atoms with van der Waals surface area (Å²) in [6.07, 6.45) is 8.61. The van der Waals surface area contributed by atoms with Gasteiger partial charge < -0.3 is 5.32 Å². The van der Waals surface area contributed by atoms with Crippen LogP contribution in [-0.4, -0.2) is 20.9 Å². The number of halogens is 1. The normalized spacial score (nSPS) is 18.1. The van der Waals surface area contributed by atoms with Gasteiger partial charge in [-0.05, 0) is 43.5 Å². The van der Waals surface area contributed by atoms with Gasteiger partial charge in [-0.25, -0.2) is 0 Å². The van der Waals surface area contributed by atoms with Gasteiger partial charge in [-0.15, -0.1) is 0 Å². The standard InChI is InChI=1S/C12H14IN3/c13-16-8-11(9-1-4-14-5-2-9)10-3-6-15-7-12(10)16/h3,6-9,14H,1-2,4-5H2. The van der Waals surface area contributed by atoms with E-state index in [-0.39, 0.29) is 0 Å². The lowest BCUT2D eigenvalue weighted by Crippen LogP contribution is -2.26. The lowest BCUT2D eigenvalue weighted by molar-refractivity contribution is 0.462. The van der Waals surface area contributed by atoms with Crippen molar-refractivity contribution in [3.63, 3.8) is 0 Å². The Kier molecular flexibility index (Phi) is 2.85. The first-order chi connectivity index (χ1) is 7.86. The van der Waals surface area contributed by atoms with E-state index in [4.69, 9.17) is 0 Å². The van der Waals surface area contributed by atoms with E-state index in [1.54, 1.807) is 0 Å². The van der Waals surface area contributed by atoms with E-state index < -0.39 is 0 Å². The Morgan fingerprint density at radius 2 is 2.19 bits per heavy atom. The van der Waals surface area contributed by atoms with Crippen molar-refractivity contribution in [2.24, 2.45) is 0 Å². The predicted molar refractivity (Wildman–Crippen MR) is 74.0 cm³/mol. The highest BCUT2D eigenvalue weighted by Crippen LogP contribution is 2.33. The van der Waals surface area contributed by atoms with Crippen molar-refractivity contribution in [2.45, 2.75) is 18.8 Å². The molecule has 0 aromatic carbocycles. The SMILES string of the molecule is In1cc(C2CCNCC2)c2ccncc21. The van der Waals surface area contributed by atoms with Crippen LogP contribution in [0.25, 0.3) is 10.9 Å². The van der Waals surface area contributed by atoms with Crippen molar-refractivity contribution >= 4 is 33.8 Å². The minimum absolute atomic E-state index is 0.710. The first-order valence-corrected chi connectivity index (χ1v) is 6.64. The largest absolute Gasteiger partial charge is 0.317 e. The van der Waals surface area contributed by atoms with E-state index in [1.165, 1.54) is 29.3 Å². The molecule has 0 radical (unpaired) electrons. The van der Waals surface area contributed by atoms with Gasteiger partial charge in [0, 0.05) is 17.8 Å². The van der Waals surface area contributed by atoms with Crippen molar-refractivity contribution in [3.8, 4) is 0 Å². The highest BCUT2D eigenvalue weighted by atomic mass is 127. The Morgan fingerprint density at radius 3 is 3.00 bits per heavy atom. The molecule has 3 heterocycles. The van der Waals surface area contributed by atoms with Crippen LogP contribution in [0, 0.1) is 0 Å². The summed E-state index contributed by atoms with van der Waals surface area (Å²) in [6.45, 7) is 2.29. The number of nitrogens with one attached hydrogen (secondary N) is 1. The summed E-state index contributed by atoms with van der Waals surface area (Å²) in [4.78, 5) is 4.19. The summed E-state index contributed by atoms with van der Waals surface area (Å²) in [7, 11) is 0. The summed E-state index contributed by atoms with van der Waals surface area (Å²) in [5.41, 5.74) is 2.73. The van der Waals surface area contributed by atoms with Gasteiger partial charge in [0.2, 0.25) is 0 Å². The monoisotopic (exact) mass is 327 g/mol. The van der Waals surface area contributed by atoms with Crippen LogP contribution < -0.4 is 5.32 Å². The quantitative estimate of drug-likeness (QED) is 0.816. The maximum absolute atomic E-state index is 4.19. The second kappa shape index (κ2) is 4.33. The van der Waals surface area contributed by atoms with Gasteiger partial charge in [-0.1, -0.05) is 0 Å². The molecule has 0 atom stereocenters. The molecular weight excluding hydrogens is 313 g/mol. The van der Waals surface area contributed by atoms with Crippen molar-refractivity contribution < 1.29 is 0 Å². The third kappa shape index (κ3) is 1.73. The molecule has 0 saturated carbocycles. The summed E-state index contributed by atoms with van der Waals surface area (Å²) in [6, 6.07) is 2.14. The third-order valence-corrected chi connectivity index (χ3v) is 4.17. The fraction of sp³-hybridized carbons (Fsp3) is 0.417. The van der Waals surface area contributed by atoms with Crippen LogP contribution in [0.2, 0.25) is 0 Å². The summed E-state index contributed by atoms with van der Waals surface area (Å²) in [5.74, 6) is 0.710. The summed E-state index contributed by atoms with van der Waals surface area (Å²) < 4.78 is 2.16. The van der Waals surface area contributed by atoms with Gasteiger partial charge in [0.25, 0.3) is 0 Å². The van der Waals surface area contributed by atoms with Crippen LogP contribution >= 0.6 is 22.9 Å². The van der Waals surface area contributed by atoms with Gasteiger partial charge >= 0.3 is 0 Å². The molecule has 0 spiro atoms. The van der Waals surface area contributed by atoms with Crippen molar-refractivity contribution in [3.05, 3.63) is 30.2 Å². The van der Waals surface area contributed by atoms with E-state index in [0.29, 0.717) is 5.92 Å². The van der Waals surface area contributed by atoms with Crippen molar-refractivity contribution in [2.75, 3.05) is 13.1 Å². The molecule has 0 bridgehead atoms. The zero-order chi connectivity index (χ0) is 11.0. The lowest BCUT2D eigenvalue weighted by Gasteiger charge is -2.22. The van der Waals surface area contributed by atoms with Gasteiger partial charge in [0.1, 0.15) is 0 Å². The summed E-state index contributed by atoms with van der Waals surface area (Å²) in [5, 5.41) is 4.79. The summed E-state index contributed by atoms with van der Waals surface area (Å²) >= 11 is 2.34. The Balaban J connectivity index is 2.08. The molecule has 3 nitrogen and oxygen atoms in total. The number of nitrogens with zero attached hydrogens (tertiary/aromatic N) is 2. The van der Waals surface area contributed by atoms with E-state index in [0.717, 1.165) is 13.1 Å². The van der Waals surface area contributed by atoms with Gasteiger partial charge in [0.05, 0.1) is 34.6 Å². The average molecular weight is 327 g/mol. The number of rotatable bonds is 1. The molecule has 1 aliphatic heterocycles. The molecule has 1 aliphatic rings. The molecule has 4 heteroatoms. The maximum atomic E-state index is 4.19. The van der Waals surface area contributed by atoms with E-state index in [2.05, 4.69) is 48.2 Å². The molecule has 0 amide bonds. The van der Waals surface area contributed by atoms with Crippen molar-refractivity contribution in [1.82, 2.24) is 13.1 Å². The fourth-order valence-electron chi connectivity index (χ4n) is 2.52. The zero-order valence-electron chi connectivity index (χ0n) is 8.99. The van der Waals surface area contributed by atoms with Crippen LogP contribution in [0.5, 0.6) is 0 Å². The molecule has 1 N–H and O–H groups in total. The molecule has 16 heavy (non-hydrogen) atoms. The molecule has 0 unspecified atom stereocenters. The molecule has 2 aromatic rings. The van der Waals surface area contributed by atoms with Crippen LogP contribution in [-0.2, 0) is 0 Å². The fourth-order valence-corrected chi connectivity index (χ4v) is 3.20. The first kappa shape index (κ1) is 10.5. The van der Waals surface area contributed by atoms with Gasteiger partial charge in [-0.3, -0.25) is 7.76 Å². The topological polar surface area (TPSA) is 29.9 Å². The molecule has 3 rings (SSSR count). The second-order valence-electron chi connectivity index (χ2n) is 4.31. The van der Waals surface area contributed by atoms with Crippen LogP contribution in [0.1, 0.15) is 24.3 Å². The minimum Gasteiger partial charge on any atom is -0.317 e. The van der Waals surface area contributed by atoms with Crippen LogP contribution in [0.15, 0.2) is 24.7 Å². The highest BCUT2D eigenvalue weighted by Gasteiger charge is 2.19. The number of hydrogen-bond acceptors (Lipinski definition) is 2. The molecular formula is C12H14IN3. The Labute approximate surface area is 109 Å². The molecule has 2 aromatic heterocycles. The van der Waals surface area contributed by atoms with Gasteiger partial charge in [-0.2, -0.15) is 0 Å². The maximum Gasteiger partial charge on any atom is 0.0763 e. The lowest BCUT2D eigenvalue weighted by atomic mass is 9.90. The molecule has 0 aliphatic carbocycles. The first-order valence-electron chi connectivity index (χ1n) is 5.68. The van der Waals surface area contributed by atoms with E-state index >= 15 is 0 Å². The molecule has 84 valence electrons. The number of piperidine rings is 1. The Bertz CT molecular complexity index is 500. The zero-order valence-corrected chi connectivity index (χ0v) is 11.1. The molecule has 1 fully saturated rings. The van der Waals surface area contributed by atoms with E-state index in [1.807, 2.05) is 12.4 Å². The number of pyridine rings is 1. The van der Waals surface area contributed by atoms with E-state index in [9.17, 15) is 0 Å². The second-order valence-corrected chi connectivity index (χ2v) is 5.35. The predicted octanol–water partition coefficient (Wildman–Crippen LogP) is 2.70. The highest BCUT2D eigenvalue weighted by molar-refractivity contribution is 14.1. The third-order valence-electron chi connectivity index (χ3n) is 3.37. The van der Waals surface area contributed by atoms with Crippen LogP contribution in [0.3, 0.4) is 0 Å². The number of aromatic nitrogens is 2. The number of hydrogen-bond donors (Lipinski definition) is 1. The average Bonchev–Trinajstić information content (AvgIpc) is 2.69. The van der Waals surface area contributed by atoms with Crippen LogP contribution in [0.4, 0.5) is 0 Å². The Hall–Kier alpha value is -0.620.